The summed E-state index contributed by atoms with van der Waals surface area (Å²) in [6.45, 7) is 0. The molecule has 0 fully saturated rings. The van der Waals surface area contributed by atoms with E-state index in [2.05, 4.69) is 15.5 Å². The molecule has 0 unspecified atom stereocenters. The third kappa shape index (κ3) is 5.48. The topological polar surface area (TPSA) is 116 Å². The molecule has 9 nitrogen and oxygen atoms in total. The largest absolute Gasteiger partial charge is 0.493 e. The summed E-state index contributed by atoms with van der Waals surface area (Å²) in [6, 6.07) is 18.4. The summed E-state index contributed by atoms with van der Waals surface area (Å²) < 4.78 is 11.0. The van der Waals surface area contributed by atoms with Crippen molar-refractivity contribution in [2.45, 2.75) is 6.42 Å². The van der Waals surface area contributed by atoms with Gasteiger partial charge in [-0.2, -0.15) is 0 Å². The molecule has 0 saturated heterocycles. The minimum Gasteiger partial charge on any atom is -0.493 e. The number of anilines is 1. The summed E-state index contributed by atoms with van der Waals surface area (Å²) in [5.41, 5.74) is 1.09. The van der Waals surface area contributed by atoms with Gasteiger partial charge >= 0.3 is 5.69 Å². The Labute approximate surface area is 203 Å². The predicted molar refractivity (Wildman–Crippen MR) is 128 cm³/mol. The van der Waals surface area contributed by atoms with Crippen LogP contribution in [0, 0.1) is 10.1 Å². The van der Waals surface area contributed by atoms with Crippen LogP contribution in [0.5, 0.6) is 17.2 Å². The Hall–Kier alpha value is -4.02. The fourth-order valence-electron chi connectivity index (χ4n) is 3.05. The number of nitro benzene ring substituents is 1. The van der Waals surface area contributed by atoms with E-state index >= 15 is 0 Å². The van der Waals surface area contributed by atoms with E-state index in [1.165, 1.54) is 54.8 Å². The van der Waals surface area contributed by atoms with E-state index in [0.717, 1.165) is 10.6 Å². The SMILES string of the molecule is COc1cc(C(=O)Nc2nnc(Cc3ccccc3)s2)ccc1Oc1ccc(Cl)cc1[N+](=O)[O-]. The molecule has 34 heavy (non-hydrogen) atoms. The fourth-order valence-corrected chi connectivity index (χ4v) is 3.98. The van der Waals surface area contributed by atoms with E-state index in [0.29, 0.717) is 11.6 Å². The van der Waals surface area contributed by atoms with Crippen molar-refractivity contribution < 1.29 is 19.2 Å². The first kappa shape index (κ1) is 23.1. The van der Waals surface area contributed by atoms with Crippen LogP contribution in [0.25, 0.3) is 0 Å². The second-order valence-electron chi connectivity index (χ2n) is 6.95. The zero-order valence-corrected chi connectivity index (χ0v) is 19.3. The number of carbonyl (C=O) groups excluding carboxylic acids is 1. The number of ether oxygens (including phenoxy) is 2. The molecule has 0 spiro atoms. The first-order valence-corrected chi connectivity index (χ1v) is 11.1. The summed E-state index contributed by atoms with van der Waals surface area (Å²) >= 11 is 7.13. The lowest BCUT2D eigenvalue weighted by Gasteiger charge is -2.12. The van der Waals surface area contributed by atoms with Crippen LogP contribution in [0.4, 0.5) is 10.8 Å². The molecule has 0 radical (unpaired) electrons. The van der Waals surface area contributed by atoms with Crippen molar-refractivity contribution in [3.63, 3.8) is 0 Å². The number of nitrogens with zero attached hydrogens (tertiary/aromatic N) is 3. The van der Waals surface area contributed by atoms with Crippen molar-refractivity contribution in [3.05, 3.63) is 98.0 Å². The van der Waals surface area contributed by atoms with E-state index in [1.807, 2.05) is 30.3 Å². The highest BCUT2D eigenvalue weighted by atomic mass is 35.5. The van der Waals surface area contributed by atoms with E-state index < -0.39 is 10.8 Å². The standard InChI is InChI=1S/C23H17ClN4O5S/c1-32-20-12-15(7-9-19(20)33-18-10-8-16(24)13-17(18)28(30)31)22(29)25-23-27-26-21(34-23)11-14-5-3-2-4-6-14/h2-10,12-13H,11H2,1H3,(H,25,27,29). The molecule has 0 aliphatic rings. The Bertz CT molecular complexity index is 1350. The van der Waals surface area contributed by atoms with Gasteiger partial charge in [-0.3, -0.25) is 20.2 Å². The van der Waals surface area contributed by atoms with Crippen LogP contribution < -0.4 is 14.8 Å². The number of rotatable bonds is 8. The number of hydrogen-bond acceptors (Lipinski definition) is 8. The van der Waals surface area contributed by atoms with E-state index in [9.17, 15) is 14.9 Å². The van der Waals surface area contributed by atoms with Crippen molar-refractivity contribution in [3.8, 4) is 17.2 Å². The van der Waals surface area contributed by atoms with Gasteiger partial charge in [0, 0.05) is 23.1 Å². The number of aromatic nitrogens is 2. The zero-order valence-electron chi connectivity index (χ0n) is 17.7. The van der Waals surface area contributed by atoms with Crippen LogP contribution in [-0.2, 0) is 6.42 Å². The lowest BCUT2D eigenvalue weighted by atomic mass is 10.2. The van der Waals surface area contributed by atoms with Crippen LogP contribution in [0.3, 0.4) is 0 Å². The molecule has 1 N–H and O–H groups in total. The minimum atomic E-state index is -0.594. The molecular formula is C23H17ClN4O5S. The molecule has 3 aromatic carbocycles. The highest BCUT2D eigenvalue weighted by Gasteiger charge is 2.19. The van der Waals surface area contributed by atoms with Crippen molar-refractivity contribution in [1.29, 1.82) is 0 Å². The van der Waals surface area contributed by atoms with Gasteiger partial charge in [0.1, 0.15) is 5.01 Å². The normalized spacial score (nSPS) is 10.5. The summed E-state index contributed by atoms with van der Waals surface area (Å²) in [4.78, 5) is 23.4. The van der Waals surface area contributed by atoms with Gasteiger partial charge in [-0.15, -0.1) is 10.2 Å². The summed E-state index contributed by atoms with van der Waals surface area (Å²) in [5, 5.41) is 23.5. The number of amides is 1. The summed E-state index contributed by atoms with van der Waals surface area (Å²) in [5.74, 6) is -0.00101. The zero-order chi connectivity index (χ0) is 24.1. The van der Waals surface area contributed by atoms with Gasteiger partial charge in [-0.25, -0.2) is 0 Å². The van der Waals surface area contributed by atoms with Gasteiger partial charge in [0.05, 0.1) is 12.0 Å². The molecule has 1 amide bonds. The summed E-state index contributed by atoms with van der Waals surface area (Å²) in [7, 11) is 1.40. The molecule has 0 aliphatic carbocycles. The van der Waals surface area contributed by atoms with Crippen molar-refractivity contribution in [1.82, 2.24) is 10.2 Å². The van der Waals surface area contributed by atoms with Gasteiger partial charge in [0.25, 0.3) is 5.91 Å². The highest BCUT2D eigenvalue weighted by Crippen LogP contribution is 2.38. The first-order chi connectivity index (χ1) is 16.4. The average Bonchev–Trinajstić information content (AvgIpc) is 3.27. The Balaban J connectivity index is 1.48. The third-order valence-electron chi connectivity index (χ3n) is 4.65. The maximum atomic E-state index is 12.7. The van der Waals surface area contributed by atoms with Crippen molar-refractivity contribution in [2.24, 2.45) is 0 Å². The molecule has 0 saturated carbocycles. The number of halogens is 1. The minimum absolute atomic E-state index is 0.00953. The molecule has 1 heterocycles. The van der Waals surface area contributed by atoms with Gasteiger partial charge in [0.2, 0.25) is 10.9 Å². The quantitative estimate of drug-likeness (QED) is 0.244. The maximum absolute atomic E-state index is 12.7. The van der Waals surface area contributed by atoms with Crippen LogP contribution >= 0.6 is 22.9 Å². The Kier molecular flexibility index (Phi) is 7.00. The van der Waals surface area contributed by atoms with Crippen molar-refractivity contribution >= 4 is 39.7 Å². The molecule has 0 aliphatic heterocycles. The lowest BCUT2D eigenvalue weighted by molar-refractivity contribution is -0.385. The number of benzene rings is 3. The third-order valence-corrected chi connectivity index (χ3v) is 5.72. The molecule has 0 atom stereocenters. The van der Waals surface area contributed by atoms with E-state index in [4.69, 9.17) is 21.1 Å². The first-order valence-electron chi connectivity index (χ1n) is 9.90. The van der Waals surface area contributed by atoms with Crippen LogP contribution in [0.15, 0.2) is 66.7 Å². The maximum Gasteiger partial charge on any atom is 0.313 e. The Morgan fingerprint density at radius 2 is 1.82 bits per heavy atom. The molecule has 0 bridgehead atoms. The number of carbonyl (C=O) groups is 1. The smallest absolute Gasteiger partial charge is 0.313 e. The predicted octanol–water partition coefficient (Wildman–Crippen LogP) is 5.74. The number of nitrogens with one attached hydrogen (secondary N) is 1. The molecular weight excluding hydrogens is 480 g/mol. The highest BCUT2D eigenvalue weighted by molar-refractivity contribution is 7.15. The lowest BCUT2D eigenvalue weighted by Crippen LogP contribution is -2.12. The molecule has 4 rings (SSSR count). The van der Waals surface area contributed by atoms with E-state index in [1.54, 1.807) is 0 Å². The second-order valence-corrected chi connectivity index (χ2v) is 8.45. The number of methoxy groups -OCH3 is 1. The number of nitro groups is 1. The fraction of sp³-hybridized carbons (Fsp3) is 0.0870. The second kappa shape index (κ2) is 10.3. The van der Waals surface area contributed by atoms with Crippen LogP contribution in [0.1, 0.15) is 20.9 Å². The molecule has 4 aromatic rings. The average molecular weight is 497 g/mol. The summed E-state index contributed by atoms with van der Waals surface area (Å²) in [6.07, 6.45) is 0.616. The van der Waals surface area contributed by atoms with Gasteiger partial charge < -0.3 is 9.47 Å². The van der Waals surface area contributed by atoms with Crippen LogP contribution in [-0.4, -0.2) is 28.1 Å². The van der Waals surface area contributed by atoms with Gasteiger partial charge in [-0.05, 0) is 35.9 Å². The van der Waals surface area contributed by atoms with Gasteiger partial charge in [-0.1, -0.05) is 53.3 Å². The van der Waals surface area contributed by atoms with Crippen LogP contribution in [0.2, 0.25) is 5.02 Å². The molecule has 1 aromatic heterocycles. The number of hydrogen-bond donors (Lipinski definition) is 1. The van der Waals surface area contributed by atoms with E-state index in [-0.39, 0.29) is 33.5 Å². The molecule has 172 valence electrons. The molecule has 11 heteroatoms. The monoisotopic (exact) mass is 496 g/mol. The van der Waals surface area contributed by atoms with Gasteiger partial charge in [0.15, 0.2) is 11.5 Å². The Morgan fingerprint density at radius 3 is 2.56 bits per heavy atom. The Morgan fingerprint density at radius 1 is 1.06 bits per heavy atom. The van der Waals surface area contributed by atoms with Crippen molar-refractivity contribution in [2.75, 3.05) is 12.4 Å².